The maximum atomic E-state index is 12.5. The number of methoxy groups -OCH3 is 2. The smallest absolute Gasteiger partial charge is 0.234 e. The van der Waals surface area contributed by atoms with Crippen molar-refractivity contribution in [3.8, 4) is 22.9 Å². The van der Waals surface area contributed by atoms with Gasteiger partial charge < -0.3 is 14.8 Å². The molecule has 1 amide bonds. The number of nitrogens with one attached hydrogen (secondary N) is 1. The number of allylic oxidation sites excluding steroid dienone is 1. The van der Waals surface area contributed by atoms with Gasteiger partial charge in [0.25, 0.3) is 0 Å². The second-order valence-corrected chi connectivity index (χ2v) is 6.79. The Morgan fingerprint density at radius 1 is 1.21 bits per heavy atom. The summed E-state index contributed by atoms with van der Waals surface area (Å²) in [7, 11) is 3.11. The number of pyridine rings is 1. The molecule has 0 saturated carbocycles. The molecule has 9 heteroatoms. The van der Waals surface area contributed by atoms with Gasteiger partial charge in [-0.3, -0.25) is 14.3 Å². The summed E-state index contributed by atoms with van der Waals surface area (Å²) in [5.41, 5.74) is 1.44. The second-order valence-electron chi connectivity index (χ2n) is 5.84. The second kappa shape index (κ2) is 9.74. The van der Waals surface area contributed by atoms with E-state index in [9.17, 15) is 4.79 Å². The van der Waals surface area contributed by atoms with Crippen LogP contribution in [0.2, 0.25) is 0 Å². The Hall–Kier alpha value is -3.33. The number of ether oxygens (including phenoxy) is 2. The van der Waals surface area contributed by atoms with Crippen molar-refractivity contribution in [2.75, 3.05) is 25.3 Å². The van der Waals surface area contributed by atoms with Crippen LogP contribution in [0.3, 0.4) is 0 Å². The van der Waals surface area contributed by atoms with E-state index in [-0.39, 0.29) is 11.7 Å². The molecule has 0 aliphatic carbocycles. The number of amides is 1. The highest BCUT2D eigenvalue weighted by atomic mass is 32.2. The molecule has 8 nitrogen and oxygen atoms in total. The minimum atomic E-state index is -0.194. The summed E-state index contributed by atoms with van der Waals surface area (Å²) in [6.45, 7) is 4.32. The number of benzene rings is 1. The summed E-state index contributed by atoms with van der Waals surface area (Å²) in [6.07, 6.45) is 5.16. The SMILES string of the molecule is C=CCn1c(SCC(=O)Nc2cc(OC)ccc2OC)nnc1-c1ccncc1. The monoisotopic (exact) mass is 411 g/mol. The van der Waals surface area contributed by atoms with Gasteiger partial charge in [-0.25, -0.2) is 0 Å². The zero-order chi connectivity index (χ0) is 20.6. The fourth-order valence-electron chi connectivity index (χ4n) is 2.63. The molecule has 0 aliphatic heterocycles. The van der Waals surface area contributed by atoms with Crippen LogP contribution in [0.15, 0.2) is 60.5 Å². The molecule has 0 spiro atoms. The van der Waals surface area contributed by atoms with Gasteiger partial charge in [0, 0.05) is 30.6 Å². The molecule has 2 aromatic heterocycles. The van der Waals surface area contributed by atoms with E-state index in [1.165, 1.54) is 11.8 Å². The number of carbonyl (C=O) groups excluding carboxylic acids is 1. The summed E-state index contributed by atoms with van der Waals surface area (Å²) in [4.78, 5) is 16.5. The van der Waals surface area contributed by atoms with Crippen molar-refractivity contribution in [3.63, 3.8) is 0 Å². The van der Waals surface area contributed by atoms with Gasteiger partial charge in [-0.15, -0.1) is 16.8 Å². The average molecular weight is 411 g/mol. The van der Waals surface area contributed by atoms with Gasteiger partial charge in [0.1, 0.15) is 11.5 Å². The summed E-state index contributed by atoms with van der Waals surface area (Å²) in [5, 5.41) is 12.0. The van der Waals surface area contributed by atoms with Crippen LogP contribution in [0.5, 0.6) is 11.5 Å². The van der Waals surface area contributed by atoms with Crippen LogP contribution in [-0.4, -0.2) is 45.6 Å². The first kappa shape index (κ1) is 20.4. The average Bonchev–Trinajstić information content (AvgIpc) is 3.15. The molecule has 1 aromatic carbocycles. The lowest BCUT2D eigenvalue weighted by atomic mass is 10.2. The molecule has 2 heterocycles. The Bertz CT molecular complexity index is 991. The number of carbonyl (C=O) groups is 1. The molecule has 0 atom stereocenters. The number of hydrogen-bond acceptors (Lipinski definition) is 7. The van der Waals surface area contributed by atoms with Crippen LogP contribution >= 0.6 is 11.8 Å². The normalized spacial score (nSPS) is 10.4. The van der Waals surface area contributed by atoms with Gasteiger partial charge >= 0.3 is 0 Å². The van der Waals surface area contributed by atoms with E-state index in [2.05, 4.69) is 27.1 Å². The number of thioether (sulfide) groups is 1. The minimum Gasteiger partial charge on any atom is -0.497 e. The van der Waals surface area contributed by atoms with Crippen molar-refractivity contribution < 1.29 is 14.3 Å². The van der Waals surface area contributed by atoms with Gasteiger partial charge in [0.05, 0.1) is 25.7 Å². The van der Waals surface area contributed by atoms with E-state index in [4.69, 9.17) is 9.47 Å². The summed E-state index contributed by atoms with van der Waals surface area (Å²) in [6, 6.07) is 8.94. The lowest BCUT2D eigenvalue weighted by Gasteiger charge is -2.12. The van der Waals surface area contributed by atoms with E-state index in [0.29, 0.717) is 34.7 Å². The molecular weight excluding hydrogens is 390 g/mol. The Morgan fingerprint density at radius 2 is 2.00 bits per heavy atom. The van der Waals surface area contributed by atoms with Crippen LogP contribution in [0, 0.1) is 0 Å². The standard InChI is InChI=1S/C20H21N5O3S/c1-4-11-25-19(14-7-9-21-10-8-14)23-24-20(25)29-13-18(26)22-16-12-15(27-2)5-6-17(16)28-3/h4-10,12H,1,11,13H2,2-3H3,(H,22,26). The van der Waals surface area contributed by atoms with Crippen LogP contribution in [-0.2, 0) is 11.3 Å². The third-order valence-electron chi connectivity index (χ3n) is 3.98. The third kappa shape index (κ3) is 4.94. The Labute approximate surface area is 173 Å². The summed E-state index contributed by atoms with van der Waals surface area (Å²) < 4.78 is 12.4. The Morgan fingerprint density at radius 3 is 2.69 bits per heavy atom. The van der Waals surface area contributed by atoms with E-state index in [1.807, 2.05) is 16.7 Å². The molecule has 3 rings (SSSR count). The fraction of sp³-hybridized carbons (Fsp3) is 0.200. The number of aromatic nitrogens is 4. The highest BCUT2D eigenvalue weighted by Crippen LogP contribution is 2.29. The lowest BCUT2D eigenvalue weighted by molar-refractivity contribution is -0.113. The predicted molar refractivity (Wildman–Crippen MR) is 112 cm³/mol. The topological polar surface area (TPSA) is 91.2 Å². The molecule has 0 saturated heterocycles. The molecule has 0 unspecified atom stereocenters. The number of hydrogen-bond donors (Lipinski definition) is 1. The maximum absolute atomic E-state index is 12.5. The van der Waals surface area contributed by atoms with E-state index >= 15 is 0 Å². The van der Waals surface area contributed by atoms with Gasteiger partial charge in [-0.05, 0) is 24.3 Å². The van der Waals surface area contributed by atoms with Crippen molar-refractivity contribution in [1.29, 1.82) is 0 Å². The molecule has 0 radical (unpaired) electrons. The van der Waals surface area contributed by atoms with E-state index in [1.54, 1.807) is 50.9 Å². The summed E-state index contributed by atoms with van der Waals surface area (Å²) >= 11 is 1.30. The van der Waals surface area contributed by atoms with E-state index in [0.717, 1.165) is 5.56 Å². The largest absolute Gasteiger partial charge is 0.497 e. The Balaban J connectivity index is 1.72. The summed E-state index contributed by atoms with van der Waals surface area (Å²) in [5.74, 6) is 1.84. The first-order valence-electron chi connectivity index (χ1n) is 8.75. The zero-order valence-corrected chi connectivity index (χ0v) is 17.0. The minimum absolute atomic E-state index is 0.159. The van der Waals surface area contributed by atoms with Crippen molar-refractivity contribution >= 4 is 23.4 Å². The molecule has 0 aliphatic rings. The maximum Gasteiger partial charge on any atom is 0.234 e. The molecule has 0 fully saturated rings. The molecular formula is C20H21N5O3S. The molecule has 3 aromatic rings. The molecule has 1 N–H and O–H groups in total. The predicted octanol–water partition coefficient (Wildman–Crippen LogP) is 3.27. The zero-order valence-electron chi connectivity index (χ0n) is 16.2. The molecule has 29 heavy (non-hydrogen) atoms. The molecule has 150 valence electrons. The van der Waals surface area contributed by atoms with Gasteiger partial charge in [0.15, 0.2) is 11.0 Å². The van der Waals surface area contributed by atoms with Crippen molar-refractivity contribution in [2.24, 2.45) is 0 Å². The number of rotatable bonds is 9. The van der Waals surface area contributed by atoms with Crippen LogP contribution in [0.25, 0.3) is 11.4 Å². The quantitative estimate of drug-likeness (QED) is 0.427. The van der Waals surface area contributed by atoms with Crippen LogP contribution in [0.4, 0.5) is 5.69 Å². The number of nitrogens with zero attached hydrogens (tertiary/aromatic N) is 4. The Kier molecular flexibility index (Phi) is 6.85. The van der Waals surface area contributed by atoms with Crippen LogP contribution < -0.4 is 14.8 Å². The van der Waals surface area contributed by atoms with E-state index < -0.39 is 0 Å². The van der Waals surface area contributed by atoms with Crippen molar-refractivity contribution in [3.05, 3.63) is 55.4 Å². The van der Waals surface area contributed by atoms with Gasteiger partial charge in [0.2, 0.25) is 5.91 Å². The first-order chi connectivity index (χ1) is 14.2. The van der Waals surface area contributed by atoms with Crippen LogP contribution in [0.1, 0.15) is 0 Å². The lowest BCUT2D eigenvalue weighted by Crippen LogP contribution is -2.15. The third-order valence-corrected chi connectivity index (χ3v) is 4.95. The van der Waals surface area contributed by atoms with Crippen molar-refractivity contribution in [1.82, 2.24) is 19.7 Å². The highest BCUT2D eigenvalue weighted by Gasteiger charge is 2.16. The number of anilines is 1. The molecule has 0 bridgehead atoms. The van der Waals surface area contributed by atoms with Gasteiger partial charge in [-0.1, -0.05) is 17.8 Å². The fourth-order valence-corrected chi connectivity index (χ4v) is 3.38. The first-order valence-corrected chi connectivity index (χ1v) is 9.74. The van der Waals surface area contributed by atoms with Crippen molar-refractivity contribution in [2.45, 2.75) is 11.7 Å². The van der Waals surface area contributed by atoms with Gasteiger partial charge in [-0.2, -0.15) is 0 Å². The highest BCUT2D eigenvalue weighted by molar-refractivity contribution is 7.99.